The molecule has 0 spiro atoms. The first kappa shape index (κ1) is 26.9. The molecule has 0 saturated heterocycles. The van der Waals surface area contributed by atoms with Crippen LogP contribution in [0.1, 0.15) is 50.1 Å². The molecule has 37 heavy (non-hydrogen) atoms. The topological polar surface area (TPSA) is 131 Å². The molecule has 0 aromatic carbocycles. The first-order valence-corrected chi connectivity index (χ1v) is 13.3. The maximum absolute atomic E-state index is 14.0. The summed E-state index contributed by atoms with van der Waals surface area (Å²) in [6.07, 6.45) is 1.96. The second kappa shape index (κ2) is 10.7. The van der Waals surface area contributed by atoms with Crippen molar-refractivity contribution < 1.29 is 31.4 Å². The molecule has 4 rings (SSSR count). The molecule has 3 atom stereocenters. The van der Waals surface area contributed by atoms with E-state index in [1.54, 1.807) is 26.2 Å². The zero-order chi connectivity index (χ0) is 26.9. The summed E-state index contributed by atoms with van der Waals surface area (Å²) in [7, 11) is -2.46. The number of aromatic nitrogens is 6. The van der Waals surface area contributed by atoms with E-state index in [0.29, 0.717) is 0 Å². The Kier molecular flexibility index (Phi) is 7.80. The molecule has 0 amide bonds. The van der Waals surface area contributed by atoms with Gasteiger partial charge in [-0.1, -0.05) is 0 Å². The highest BCUT2D eigenvalue weighted by molar-refractivity contribution is 7.91. The third kappa shape index (κ3) is 5.60. The second-order valence-electron chi connectivity index (χ2n) is 9.07. The Balaban J connectivity index is 1.73. The van der Waals surface area contributed by atoms with Gasteiger partial charge < -0.3 is 14.2 Å². The van der Waals surface area contributed by atoms with Gasteiger partial charge in [-0.25, -0.2) is 27.8 Å². The first-order valence-electron chi connectivity index (χ1n) is 11.6. The van der Waals surface area contributed by atoms with Gasteiger partial charge in [-0.15, -0.1) is 10.2 Å². The minimum atomic E-state index is -3.93. The third-order valence-electron chi connectivity index (χ3n) is 5.83. The van der Waals surface area contributed by atoms with Gasteiger partial charge in [-0.3, -0.25) is 4.57 Å². The van der Waals surface area contributed by atoms with E-state index in [4.69, 9.17) is 14.2 Å². The fourth-order valence-electron chi connectivity index (χ4n) is 3.99. The number of nitrogens with zero attached hydrogens (tertiary/aromatic N) is 6. The van der Waals surface area contributed by atoms with E-state index in [1.165, 1.54) is 18.6 Å². The van der Waals surface area contributed by atoms with Crippen LogP contribution in [0.4, 0.5) is 8.78 Å². The van der Waals surface area contributed by atoms with Crippen LogP contribution >= 0.6 is 0 Å². The number of aryl methyl sites for hydroxylation is 1. The highest BCUT2D eigenvalue weighted by Gasteiger charge is 2.37. The molecule has 200 valence electrons. The van der Waals surface area contributed by atoms with Gasteiger partial charge in [0, 0.05) is 25.6 Å². The van der Waals surface area contributed by atoms with Crippen molar-refractivity contribution in [3.05, 3.63) is 47.4 Å². The number of rotatable bonds is 9. The van der Waals surface area contributed by atoms with Crippen molar-refractivity contribution in [2.24, 2.45) is 0 Å². The van der Waals surface area contributed by atoms with Gasteiger partial charge in [0.1, 0.15) is 24.3 Å². The van der Waals surface area contributed by atoms with Crippen LogP contribution in [0.3, 0.4) is 0 Å². The van der Waals surface area contributed by atoms with Crippen molar-refractivity contribution in [1.82, 2.24) is 29.7 Å². The predicted octanol–water partition coefficient (Wildman–Crippen LogP) is 2.77. The van der Waals surface area contributed by atoms with Gasteiger partial charge in [0.25, 0.3) is 0 Å². The van der Waals surface area contributed by atoms with Crippen molar-refractivity contribution in [2.75, 3.05) is 20.3 Å². The summed E-state index contributed by atoms with van der Waals surface area (Å²) in [4.78, 5) is 12.2. The Morgan fingerprint density at radius 2 is 1.89 bits per heavy atom. The van der Waals surface area contributed by atoms with E-state index in [0.717, 1.165) is 11.6 Å². The van der Waals surface area contributed by atoms with E-state index < -0.39 is 44.8 Å². The Morgan fingerprint density at radius 3 is 2.54 bits per heavy atom. The lowest BCUT2D eigenvalue weighted by Crippen LogP contribution is -2.32. The molecule has 0 unspecified atom stereocenters. The molecule has 0 radical (unpaired) electrons. The molecular weight excluding hydrogens is 510 g/mol. The summed E-state index contributed by atoms with van der Waals surface area (Å²) in [5.74, 6) is -2.71. The summed E-state index contributed by atoms with van der Waals surface area (Å²) in [6.45, 7) is 7.00. The van der Waals surface area contributed by atoms with E-state index in [1.807, 2.05) is 6.92 Å². The van der Waals surface area contributed by atoms with Gasteiger partial charge in [-0.05, 0) is 33.3 Å². The molecule has 0 saturated carbocycles. The number of hydrogen-bond donors (Lipinski definition) is 0. The fraction of sp³-hybridized carbons (Fsp3) is 0.522. The summed E-state index contributed by atoms with van der Waals surface area (Å²) in [5, 5.41) is 7.11. The van der Waals surface area contributed by atoms with Crippen molar-refractivity contribution in [2.45, 2.75) is 56.9 Å². The Bertz CT molecular complexity index is 1370. The van der Waals surface area contributed by atoms with Crippen LogP contribution in [-0.4, -0.2) is 69.8 Å². The Morgan fingerprint density at radius 1 is 1.19 bits per heavy atom. The number of ether oxygens (including phenoxy) is 3. The Labute approximate surface area is 213 Å². The number of pyridine rings is 1. The maximum Gasteiger partial charge on any atom is 0.249 e. The lowest BCUT2D eigenvalue weighted by Gasteiger charge is -2.25. The third-order valence-corrected chi connectivity index (χ3v) is 7.87. The van der Waals surface area contributed by atoms with Crippen LogP contribution in [0.15, 0.2) is 18.5 Å². The lowest BCUT2D eigenvalue weighted by atomic mass is 10.2. The molecule has 3 aromatic heterocycles. The quantitative estimate of drug-likeness (QED) is 0.375. The fourth-order valence-corrected chi connectivity index (χ4v) is 5.37. The van der Waals surface area contributed by atoms with E-state index >= 15 is 0 Å². The molecule has 0 fully saturated rings. The molecule has 0 aliphatic carbocycles. The lowest BCUT2D eigenvalue weighted by molar-refractivity contribution is 0.00140. The van der Waals surface area contributed by atoms with Crippen molar-refractivity contribution >= 4 is 9.84 Å². The largest absolute Gasteiger partial charge is 0.489 e. The summed E-state index contributed by atoms with van der Waals surface area (Å²) in [6, 6.07) is 0.291. The standard InChI is InChI=1S/C23H28F2N6O5S/c1-12(2)36-20(22-26-7-13(3)8-27-22)14(4)37(32,33)11-18-29-30-23-19-17(6-16(24)21(25)28-19)35-10-15(9-34-5)31(18)23/h6-8,12,14-15,20H,9-11H2,1-5H3/t14-,15+,20+/m0/s1. The summed E-state index contributed by atoms with van der Waals surface area (Å²) < 4.78 is 73.4. The number of sulfone groups is 1. The minimum Gasteiger partial charge on any atom is -0.489 e. The SMILES string of the molecule is COC[C@@H]1COc2cc(F)c(F)nc2-c2nnc(CS(=O)(=O)[C@@H](C)[C@@H](OC(C)C)c3ncc(C)cn3)n21. The van der Waals surface area contributed by atoms with Gasteiger partial charge in [-0.2, -0.15) is 4.39 Å². The molecule has 3 aromatic rings. The van der Waals surface area contributed by atoms with Gasteiger partial charge in [0.05, 0.1) is 24.0 Å². The number of halogens is 2. The van der Waals surface area contributed by atoms with Crippen LogP contribution in [0.2, 0.25) is 0 Å². The molecule has 1 aliphatic rings. The van der Waals surface area contributed by atoms with Crippen LogP contribution in [0.5, 0.6) is 5.75 Å². The number of methoxy groups -OCH3 is 1. The average Bonchev–Trinajstić information content (AvgIpc) is 3.18. The zero-order valence-electron chi connectivity index (χ0n) is 21.1. The predicted molar refractivity (Wildman–Crippen MR) is 127 cm³/mol. The molecule has 4 heterocycles. The van der Waals surface area contributed by atoms with Crippen molar-refractivity contribution in [1.29, 1.82) is 0 Å². The molecule has 0 bridgehead atoms. The normalized spacial score (nSPS) is 17.0. The van der Waals surface area contributed by atoms with Crippen LogP contribution in [0, 0.1) is 18.7 Å². The van der Waals surface area contributed by atoms with Crippen molar-refractivity contribution in [3.63, 3.8) is 0 Å². The number of fused-ring (bicyclic) bond motifs is 3. The highest BCUT2D eigenvalue weighted by atomic mass is 32.2. The van der Waals surface area contributed by atoms with Crippen LogP contribution in [-0.2, 0) is 25.1 Å². The Hall–Kier alpha value is -3.10. The summed E-state index contributed by atoms with van der Waals surface area (Å²) in [5.41, 5.74) is 0.737. The number of hydrogen-bond acceptors (Lipinski definition) is 10. The molecule has 0 N–H and O–H groups in total. The monoisotopic (exact) mass is 538 g/mol. The van der Waals surface area contributed by atoms with E-state index in [-0.39, 0.29) is 48.2 Å². The summed E-state index contributed by atoms with van der Waals surface area (Å²) >= 11 is 0. The van der Waals surface area contributed by atoms with Crippen LogP contribution < -0.4 is 4.74 Å². The molecular formula is C23H28F2N6O5S. The first-order chi connectivity index (χ1) is 17.5. The van der Waals surface area contributed by atoms with Gasteiger partial charge >= 0.3 is 0 Å². The van der Waals surface area contributed by atoms with Gasteiger partial charge in [0.2, 0.25) is 5.95 Å². The van der Waals surface area contributed by atoms with Crippen molar-refractivity contribution in [3.8, 4) is 17.3 Å². The molecule has 14 heteroatoms. The maximum atomic E-state index is 14.0. The molecule has 1 aliphatic heterocycles. The zero-order valence-corrected chi connectivity index (χ0v) is 21.9. The molecule has 11 nitrogen and oxygen atoms in total. The van der Waals surface area contributed by atoms with E-state index in [2.05, 4.69) is 25.1 Å². The minimum absolute atomic E-state index is 0.0302. The van der Waals surface area contributed by atoms with E-state index in [9.17, 15) is 17.2 Å². The smallest absolute Gasteiger partial charge is 0.249 e. The average molecular weight is 539 g/mol. The van der Waals surface area contributed by atoms with Gasteiger partial charge in [0.15, 0.2) is 38.7 Å². The van der Waals surface area contributed by atoms with Crippen LogP contribution in [0.25, 0.3) is 11.5 Å². The second-order valence-corrected chi connectivity index (χ2v) is 11.4. The highest BCUT2D eigenvalue weighted by Crippen LogP contribution is 2.35.